The van der Waals surface area contributed by atoms with Gasteiger partial charge in [-0.05, 0) is 119 Å². The maximum Gasteiger partial charge on any atom is 0.0547 e. The standard InChI is InChI=1S/C56H39N/c1-56(2)49-19-11-10-18-46(49)54-50(56)29-31-52-55(54)48-34-40(25-30-51(48)57(52)42-26-22-37(23-27-42)35-12-4-3-5-13-35)39-24-28-45-47(33-39)43-16-8-9-17-44(43)53(45)41-21-20-36-14-6-7-15-38(36)32-41/h3-34,53H,1-2H3. The first-order valence-electron chi connectivity index (χ1n) is 20.1. The van der Waals surface area contributed by atoms with Crippen LogP contribution in [0.1, 0.15) is 47.6 Å². The summed E-state index contributed by atoms with van der Waals surface area (Å²) in [5, 5.41) is 5.18. The highest BCUT2D eigenvalue weighted by Crippen LogP contribution is 2.54. The Kier molecular flexibility index (Phi) is 6.81. The zero-order chi connectivity index (χ0) is 37.8. The van der Waals surface area contributed by atoms with Gasteiger partial charge in [0.15, 0.2) is 0 Å². The summed E-state index contributed by atoms with van der Waals surface area (Å²) in [4.78, 5) is 0. The van der Waals surface area contributed by atoms with Crippen LogP contribution in [-0.4, -0.2) is 4.57 Å². The van der Waals surface area contributed by atoms with Crippen LogP contribution in [0.25, 0.3) is 82.8 Å². The van der Waals surface area contributed by atoms with Crippen molar-refractivity contribution in [2.24, 2.45) is 0 Å². The highest BCUT2D eigenvalue weighted by atomic mass is 15.0. The van der Waals surface area contributed by atoms with Crippen LogP contribution < -0.4 is 0 Å². The third-order valence-corrected chi connectivity index (χ3v) is 13.1. The van der Waals surface area contributed by atoms with Gasteiger partial charge in [-0.15, -0.1) is 0 Å². The molecule has 1 aromatic heterocycles. The summed E-state index contributed by atoms with van der Waals surface area (Å²) in [5.74, 6) is 0.203. The molecule has 10 aromatic rings. The van der Waals surface area contributed by atoms with Gasteiger partial charge in [0.05, 0.1) is 11.0 Å². The Morgan fingerprint density at radius 3 is 1.93 bits per heavy atom. The van der Waals surface area contributed by atoms with E-state index in [2.05, 4.69) is 213 Å². The second-order valence-corrected chi connectivity index (χ2v) is 16.5. The Morgan fingerprint density at radius 2 is 1.07 bits per heavy atom. The predicted octanol–water partition coefficient (Wildman–Crippen LogP) is 14.7. The lowest BCUT2D eigenvalue weighted by Gasteiger charge is -2.21. The van der Waals surface area contributed by atoms with E-state index in [1.54, 1.807) is 0 Å². The molecule has 2 aliphatic rings. The second-order valence-electron chi connectivity index (χ2n) is 16.5. The van der Waals surface area contributed by atoms with E-state index in [1.165, 1.54) is 111 Å². The molecule has 1 atom stereocenters. The van der Waals surface area contributed by atoms with E-state index < -0.39 is 0 Å². The number of fused-ring (bicyclic) bond motifs is 11. The molecule has 0 bridgehead atoms. The fraction of sp³-hybridized carbons (Fsp3) is 0.0714. The number of nitrogens with zero attached hydrogens (tertiary/aromatic N) is 1. The molecule has 0 fully saturated rings. The molecule has 0 aliphatic heterocycles. The summed E-state index contributed by atoms with van der Waals surface area (Å²) in [6.45, 7) is 4.76. The topological polar surface area (TPSA) is 4.93 Å². The van der Waals surface area contributed by atoms with Crippen LogP contribution in [0.2, 0.25) is 0 Å². The van der Waals surface area contributed by atoms with Crippen LogP contribution in [0.15, 0.2) is 194 Å². The van der Waals surface area contributed by atoms with Crippen LogP contribution in [-0.2, 0) is 5.41 Å². The third kappa shape index (κ3) is 4.69. The molecule has 12 rings (SSSR count). The first kappa shape index (κ1) is 32.3. The van der Waals surface area contributed by atoms with Gasteiger partial charge >= 0.3 is 0 Å². The number of hydrogen-bond donors (Lipinski definition) is 0. The van der Waals surface area contributed by atoms with Crippen molar-refractivity contribution in [2.75, 3.05) is 0 Å². The number of aromatic nitrogens is 1. The molecule has 0 amide bonds. The van der Waals surface area contributed by atoms with E-state index in [-0.39, 0.29) is 11.3 Å². The molecule has 1 heterocycles. The Balaban J connectivity index is 1.06. The second kappa shape index (κ2) is 12.0. The number of hydrogen-bond acceptors (Lipinski definition) is 0. The van der Waals surface area contributed by atoms with Crippen LogP contribution in [0.4, 0.5) is 0 Å². The molecule has 0 spiro atoms. The monoisotopic (exact) mass is 725 g/mol. The van der Waals surface area contributed by atoms with Crippen LogP contribution in [0, 0.1) is 0 Å². The molecule has 1 nitrogen and oxygen atoms in total. The zero-order valence-electron chi connectivity index (χ0n) is 32.0. The Labute approximate surface area is 333 Å². The van der Waals surface area contributed by atoms with Crippen molar-refractivity contribution in [1.29, 1.82) is 0 Å². The van der Waals surface area contributed by atoms with Crippen molar-refractivity contribution in [3.63, 3.8) is 0 Å². The van der Waals surface area contributed by atoms with Crippen molar-refractivity contribution >= 4 is 32.6 Å². The van der Waals surface area contributed by atoms with Gasteiger partial charge in [-0.2, -0.15) is 0 Å². The summed E-state index contributed by atoms with van der Waals surface area (Å²) in [6, 6.07) is 72.5. The molecule has 0 radical (unpaired) electrons. The van der Waals surface area contributed by atoms with E-state index in [9.17, 15) is 0 Å². The van der Waals surface area contributed by atoms with Gasteiger partial charge in [0.25, 0.3) is 0 Å². The maximum atomic E-state index is 2.48. The van der Waals surface area contributed by atoms with Crippen molar-refractivity contribution < 1.29 is 0 Å². The van der Waals surface area contributed by atoms with Gasteiger partial charge < -0.3 is 4.57 Å². The minimum atomic E-state index is -0.0849. The van der Waals surface area contributed by atoms with E-state index in [1.807, 2.05) is 0 Å². The number of benzene rings is 9. The molecule has 57 heavy (non-hydrogen) atoms. The first-order valence-corrected chi connectivity index (χ1v) is 20.1. The molecular weight excluding hydrogens is 687 g/mol. The van der Waals surface area contributed by atoms with E-state index in [4.69, 9.17) is 0 Å². The van der Waals surface area contributed by atoms with Crippen molar-refractivity contribution in [3.8, 4) is 50.2 Å². The largest absolute Gasteiger partial charge is 0.309 e. The van der Waals surface area contributed by atoms with Crippen LogP contribution in [0.3, 0.4) is 0 Å². The fourth-order valence-electron chi connectivity index (χ4n) is 10.3. The molecule has 1 heteroatoms. The molecule has 9 aromatic carbocycles. The zero-order valence-corrected chi connectivity index (χ0v) is 32.0. The lowest BCUT2D eigenvalue weighted by Crippen LogP contribution is -2.14. The van der Waals surface area contributed by atoms with E-state index in [0.29, 0.717) is 0 Å². The van der Waals surface area contributed by atoms with Gasteiger partial charge in [0.1, 0.15) is 0 Å². The van der Waals surface area contributed by atoms with Crippen molar-refractivity contribution in [2.45, 2.75) is 25.2 Å². The lowest BCUT2D eigenvalue weighted by atomic mass is 9.82. The Bertz CT molecular complexity index is 3250. The molecule has 0 saturated heterocycles. The molecule has 1 unspecified atom stereocenters. The highest BCUT2D eigenvalue weighted by Gasteiger charge is 2.37. The predicted molar refractivity (Wildman–Crippen MR) is 240 cm³/mol. The third-order valence-electron chi connectivity index (χ3n) is 13.1. The number of rotatable bonds is 4. The first-order chi connectivity index (χ1) is 28.0. The van der Waals surface area contributed by atoms with Crippen LogP contribution >= 0.6 is 0 Å². The molecule has 0 saturated carbocycles. The molecule has 268 valence electrons. The van der Waals surface area contributed by atoms with Crippen molar-refractivity contribution in [1.82, 2.24) is 4.57 Å². The van der Waals surface area contributed by atoms with E-state index in [0.717, 1.165) is 0 Å². The normalized spacial score (nSPS) is 14.8. The maximum absolute atomic E-state index is 2.48. The smallest absolute Gasteiger partial charge is 0.0547 e. The van der Waals surface area contributed by atoms with E-state index >= 15 is 0 Å². The van der Waals surface area contributed by atoms with Crippen molar-refractivity contribution in [3.05, 3.63) is 222 Å². The Morgan fingerprint density at radius 1 is 0.421 bits per heavy atom. The van der Waals surface area contributed by atoms with Gasteiger partial charge in [-0.25, -0.2) is 0 Å². The molecule has 0 N–H and O–H groups in total. The molecule has 2 aliphatic carbocycles. The average molecular weight is 726 g/mol. The average Bonchev–Trinajstić information content (AvgIpc) is 3.86. The summed E-state index contributed by atoms with van der Waals surface area (Å²) in [6.07, 6.45) is 0. The summed E-state index contributed by atoms with van der Waals surface area (Å²) < 4.78 is 2.48. The van der Waals surface area contributed by atoms with Crippen LogP contribution in [0.5, 0.6) is 0 Å². The van der Waals surface area contributed by atoms with Gasteiger partial charge in [0.2, 0.25) is 0 Å². The van der Waals surface area contributed by atoms with Gasteiger partial charge in [-0.1, -0.05) is 172 Å². The lowest BCUT2D eigenvalue weighted by molar-refractivity contribution is 0.661. The molecular formula is C56H39N. The minimum Gasteiger partial charge on any atom is -0.309 e. The summed E-state index contributed by atoms with van der Waals surface area (Å²) >= 11 is 0. The minimum absolute atomic E-state index is 0.0849. The Hall–Kier alpha value is -6.96. The highest BCUT2D eigenvalue weighted by molar-refractivity contribution is 6.18. The summed E-state index contributed by atoms with van der Waals surface area (Å²) in [7, 11) is 0. The fourth-order valence-corrected chi connectivity index (χ4v) is 10.3. The quantitative estimate of drug-likeness (QED) is 0.170. The van der Waals surface area contributed by atoms with Gasteiger partial charge in [0, 0.05) is 27.8 Å². The SMILES string of the molecule is CC1(C)c2ccccc2-c2c1ccc1c2c2cc(-c3ccc4c(c3)-c3ccccc3C4c3ccc4ccccc4c3)ccc2n1-c1ccc(-c2ccccc2)cc1. The summed E-state index contributed by atoms with van der Waals surface area (Å²) in [5.41, 5.74) is 20.8. The van der Waals surface area contributed by atoms with Gasteiger partial charge in [-0.3, -0.25) is 0 Å².